The molecule has 1 N–H and O–H groups in total. The largest absolute Gasteiger partial charge is 0.462 e. The van der Waals surface area contributed by atoms with Crippen molar-refractivity contribution >= 4 is 22.1 Å². The number of ether oxygens (including phenoxy) is 2. The van der Waals surface area contributed by atoms with Gasteiger partial charge in [0.25, 0.3) is 10.1 Å². The first kappa shape index (κ1) is 26.1. The zero-order valence-corrected chi connectivity index (χ0v) is 18.8. The molecule has 7 nitrogen and oxygen atoms in total. The number of carbonyl (C=O) groups excluding carboxylic acids is 2. The average molecular weight is 443 g/mol. The first-order chi connectivity index (χ1) is 14.3. The van der Waals surface area contributed by atoms with Gasteiger partial charge in [0, 0.05) is 6.42 Å². The van der Waals surface area contributed by atoms with Crippen LogP contribution in [0.3, 0.4) is 0 Å². The molecule has 170 valence electrons. The lowest BCUT2D eigenvalue weighted by Crippen LogP contribution is -2.20. The van der Waals surface area contributed by atoms with Crippen molar-refractivity contribution in [1.29, 1.82) is 0 Å². The van der Waals surface area contributed by atoms with Crippen LogP contribution in [0.1, 0.15) is 92.4 Å². The molecule has 1 aromatic carbocycles. The van der Waals surface area contributed by atoms with E-state index in [0.29, 0.717) is 6.61 Å². The molecular formula is C22H34O7S. The Kier molecular flexibility index (Phi) is 12.3. The predicted octanol–water partition coefficient (Wildman–Crippen LogP) is 4.81. The van der Waals surface area contributed by atoms with Crippen LogP contribution < -0.4 is 0 Å². The Morgan fingerprint density at radius 2 is 1.33 bits per heavy atom. The van der Waals surface area contributed by atoms with Crippen LogP contribution in [-0.2, 0) is 19.6 Å². The van der Waals surface area contributed by atoms with Gasteiger partial charge in [0.05, 0.1) is 29.6 Å². The third kappa shape index (κ3) is 10.2. The van der Waals surface area contributed by atoms with Gasteiger partial charge in [-0.1, -0.05) is 64.0 Å². The summed E-state index contributed by atoms with van der Waals surface area (Å²) in [6.45, 7) is 3.61. The molecule has 0 spiro atoms. The van der Waals surface area contributed by atoms with E-state index in [1.807, 2.05) is 0 Å². The minimum absolute atomic E-state index is 0.0460. The van der Waals surface area contributed by atoms with Crippen molar-refractivity contribution < 1.29 is 32.0 Å². The topological polar surface area (TPSA) is 107 Å². The van der Waals surface area contributed by atoms with E-state index >= 15 is 0 Å². The van der Waals surface area contributed by atoms with Crippen molar-refractivity contribution in [2.24, 2.45) is 0 Å². The first-order valence-corrected chi connectivity index (χ1v) is 12.2. The highest BCUT2D eigenvalue weighted by atomic mass is 32.2. The van der Waals surface area contributed by atoms with E-state index < -0.39 is 27.3 Å². The lowest BCUT2D eigenvalue weighted by atomic mass is 10.1. The zero-order valence-electron chi connectivity index (χ0n) is 18.0. The third-order valence-corrected chi connectivity index (χ3v) is 6.12. The first-order valence-electron chi connectivity index (χ1n) is 10.7. The SMILES string of the molecule is CCCCCCCCCCOC(=O)c1ccccc1C(=O)OCCC(C)S(=O)(=O)O. The second-order valence-corrected chi connectivity index (χ2v) is 9.24. The molecular weight excluding hydrogens is 408 g/mol. The molecule has 1 rings (SSSR count). The van der Waals surface area contributed by atoms with Gasteiger partial charge < -0.3 is 9.47 Å². The maximum atomic E-state index is 12.3. The molecule has 0 amide bonds. The van der Waals surface area contributed by atoms with Crippen molar-refractivity contribution in [2.75, 3.05) is 13.2 Å². The van der Waals surface area contributed by atoms with Crippen molar-refractivity contribution in [3.8, 4) is 0 Å². The number of unbranched alkanes of at least 4 members (excludes halogenated alkanes) is 7. The molecule has 8 heteroatoms. The summed E-state index contributed by atoms with van der Waals surface area (Å²) in [6.07, 6.45) is 9.06. The highest BCUT2D eigenvalue weighted by Gasteiger charge is 2.21. The lowest BCUT2D eigenvalue weighted by molar-refractivity contribution is 0.0451. The summed E-state index contributed by atoms with van der Waals surface area (Å²) in [6, 6.07) is 6.19. The van der Waals surface area contributed by atoms with Crippen LogP contribution in [0.4, 0.5) is 0 Å². The predicted molar refractivity (Wildman–Crippen MR) is 115 cm³/mol. The smallest absolute Gasteiger partial charge is 0.339 e. The maximum absolute atomic E-state index is 12.3. The summed E-state index contributed by atoms with van der Waals surface area (Å²) in [5, 5.41) is -1.04. The molecule has 30 heavy (non-hydrogen) atoms. The van der Waals surface area contributed by atoms with E-state index in [2.05, 4.69) is 6.92 Å². The second-order valence-electron chi connectivity index (χ2n) is 7.41. The van der Waals surface area contributed by atoms with E-state index in [0.717, 1.165) is 19.3 Å². The third-order valence-electron chi connectivity index (χ3n) is 4.86. The van der Waals surface area contributed by atoms with E-state index in [4.69, 9.17) is 14.0 Å². The standard InChI is InChI=1S/C22H34O7S/c1-3-4-5-6-7-8-9-12-16-28-21(23)19-13-10-11-14-20(19)22(24)29-17-15-18(2)30(25,26)27/h10-11,13-14,18H,3-9,12,15-17H2,1-2H3,(H,25,26,27). The summed E-state index contributed by atoms with van der Waals surface area (Å²) >= 11 is 0. The Hall–Kier alpha value is -1.93. The summed E-state index contributed by atoms with van der Waals surface area (Å²) in [5.74, 6) is -1.33. The van der Waals surface area contributed by atoms with Crippen LogP contribution in [0.5, 0.6) is 0 Å². The van der Waals surface area contributed by atoms with Gasteiger partial charge in [-0.25, -0.2) is 9.59 Å². The molecule has 0 aliphatic carbocycles. The Balaban J connectivity index is 2.42. The lowest BCUT2D eigenvalue weighted by Gasteiger charge is -2.11. The summed E-state index contributed by atoms with van der Waals surface area (Å²) in [7, 11) is -4.18. The average Bonchev–Trinajstić information content (AvgIpc) is 2.71. The number of benzene rings is 1. The Labute approximate surface area is 179 Å². The minimum Gasteiger partial charge on any atom is -0.462 e. The van der Waals surface area contributed by atoms with Gasteiger partial charge in [0.2, 0.25) is 0 Å². The molecule has 1 aromatic rings. The Morgan fingerprint density at radius 1 is 0.867 bits per heavy atom. The molecule has 0 bridgehead atoms. The van der Waals surface area contributed by atoms with E-state index in [9.17, 15) is 18.0 Å². The maximum Gasteiger partial charge on any atom is 0.339 e. The van der Waals surface area contributed by atoms with Crippen molar-refractivity contribution in [3.05, 3.63) is 35.4 Å². The van der Waals surface area contributed by atoms with Crippen LogP contribution >= 0.6 is 0 Å². The molecule has 0 saturated carbocycles. The second kappa shape index (κ2) is 14.1. The normalized spacial score (nSPS) is 12.4. The highest BCUT2D eigenvalue weighted by Crippen LogP contribution is 2.14. The number of rotatable bonds is 15. The fourth-order valence-corrected chi connectivity index (χ4v) is 3.26. The van der Waals surface area contributed by atoms with Gasteiger partial charge >= 0.3 is 11.9 Å². The number of esters is 2. The van der Waals surface area contributed by atoms with Gasteiger partial charge in [-0.3, -0.25) is 4.55 Å². The van der Waals surface area contributed by atoms with Crippen LogP contribution in [0, 0.1) is 0 Å². The molecule has 0 fully saturated rings. The van der Waals surface area contributed by atoms with Crippen LogP contribution in [0.2, 0.25) is 0 Å². The van der Waals surface area contributed by atoms with Gasteiger partial charge in [-0.05, 0) is 25.5 Å². The van der Waals surface area contributed by atoms with Gasteiger partial charge in [-0.2, -0.15) is 8.42 Å². The molecule has 0 aromatic heterocycles. The van der Waals surface area contributed by atoms with Crippen molar-refractivity contribution in [2.45, 2.75) is 76.9 Å². The Morgan fingerprint density at radius 3 is 1.83 bits per heavy atom. The summed E-state index contributed by atoms with van der Waals surface area (Å²) in [4.78, 5) is 24.6. The number of hydrogen-bond donors (Lipinski definition) is 1. The van der Waals surface area contributed by atoms with E-state index in [-0.39, 0.29) is 24.2 Å². The molecule has 1 atom stereocenters. The summed E-state index contributed by atoms with van der Waals surface area (Å²) in [5.41, 5.74) is 0.183. The molecule has 0 aliphatic heterocycles. The monoisotopic (exact) mass is 442 g/mol. The number of hydrogen-bond acceptors (Lipinski definition) is 6. The molecule has 1 unspecified atom stereocenters. The molecule has 0 heterocycles. The van der Waals surface area contributed by atoms with E-state index in [1.165, 1.54) is 51.2 Å². The molecule has 0 saturated heterocycles. The molecule has 0 radical (unpaired) electrons. The fraction of sp³-hybridized carbons (Fsp3) is 0.636. The van der Waals surface area contributed by atoms with Crippen LogP contribution in [-0.4, -0.2) is 43.4 Å². The quantitative estimate of drug-likeness (QED) is 0.236. The van der Waals surface area contributed by atoms with Gasteiger partial charge in [0.15, 0.2) is 0 Å². The van der Waals surface area contributed by atoms with Crippen molar-refractivity contribution in [1.82, 2.24) is 0 Å². The fourth-order valence-electron chi connectivity index (χ4n) is 2.86. The zero-order chi connectivity index (χ0) is 22.4. The van der Waals surface area contributed by atoms with Crippen LogP contribution in [0.15, 0.2) is 24.3 Å². The van der Waals surface area contributed by atoms with Gasteiger partial charge in [0.1, 0.15) is 0 Å². The summed E-state index contributed by atoms with van der Waals surface area (Å²) < 4.78 is 41.3. The number of carbonyl (C=O) groups is 2. The Bertz CT molecular complexity index is 759. The molecule has 0 aliphatic rings. The highest BCUT2D eigenvalue weighted by molar-refractivity contribution is 7.86. The van der Waals surface area contributed by atoms with E-state index in [1.54, 1.807) is 12.1 Å². The van der Waals surface area contributed by atoms with Crippen LogP contribution in [0.25, 0.3) is 0 Å². The van der Waals surface area contributed by atoms with Gasteiger partial charge in [-0.15, -0.1) is 0 Å². The minimum atomic E-state index is -4.18. The van der Waals surface area contributed by atoms with Crippen molar-refractivity contribution in [3.63, 3.8) is 0 Å².